The SMILES string of the molecule is CCCOc1nc(NCC2(SC)CCC2)ccc1N. The van der Waals surface area contributed by atoms with E-state index in [9.17, 15) is 0 Å². The van der Waals surface area contributed by atoms with Crippen molar-refractivity contribution in [3.63, 3.8) is 0 Å². The Bertz CT molecular complexity index is 416. The van der Waals surface area contributed by atoms with Gasteiger partial charge in [-0.2, -0.15) is 16.7 Å². The number of thioether (sulfide) groups is 1. The second-order valence-corrected chi connectivity index (χ2v) is 6.31. The van der Waals surface area contributed by atoms with E-state index >= 15 is 0 Å². The third kappa shape index (κ3) is 3.47. The molecule has 1 aromatic rings. The number of anilines is 2. The highest BCUT2D eigenvalue weighted by Gasteiger charge is 2.35. The van der Waals surface area contributed by atoms with Crippen LogP contribution in [0, 0.1) is 0 Å². The normalized spacial score (nSPS) is 16.7. The Morgan fingerprint density at radius 1 is 1.47 bits per heavy atom. The first-order valence-electron chi connectivity index (χ1n) is 6.87. The molecule has 0 spiro atoms. The summed E-state index contributed by atoms with van der Waals surface area (Å²) in [6.45, 7) is 3.67. The van der Waals surface area contributed by atoms with E-state index in [0.29, 0.717) is 22.9 Å². The van der Waals surface area contributed by atoms with Gasteiger partial charge in [-0.05, 0) is 37.7 Å². The second kappa shape index (κ2) is 6.37. The van der Waals surface area contributed by atoms with E-state index in [2.05, 4.69) is 23.5 Å². The molecule has 4 nitrogen and oxygen atoms in total. The average molecular weight is 281 g/mol. The minimum absolute atomic E-state index is 0.396. The van der Waals surface area contributed by atoms with E-state index in [-0.39, 0.29) is 0 Å². The molecule has 3 N–H and O–H groups in total. The maximum Gasteiger partial charge on any atom is 0.239 e. The molecule has 106 valence electrons. The molecular weight excluding hydrogens is 258 g/mol. The summed E-state index contributed by atoms with van der Waals surface area (Å²) >= 11 is 1.95. The van der Waals surface area contributed by atoms with Crippen LogP contribution in [0.25, 0.3) is 0 Å². The zero-order valence-electron chi connectivity index (χ0n) is 11.7. The number of hydrogen-bond acceptors (Lipinski definition) is 5. The van der Waals surface area contributed by atoms with Crippen LogP contribution < -0.4 is 15.8 Å². The second-order valence-electron chi connectivity index (χ2n) is 5.03. The van der Waals surface area contributed by atoms with Crippen molar-refractivity contribution in [1.82, 2.24) is 4.98 Å². The molecule has 1 fully saturated rings. The van der Waals surface area contributed by atoms with E-state index in [1.54, 1.807) is 0 Å². The smallest absolute Gasteiger partial charge is 0.239 e. The maximum atomic E-state index is 5.86. The molecule has 0 amide bonds. The molecule has 0 atom stereocenters. The molecule has 19 heavy (non-hydrogen) atoms. The van der Waals surface area contributed by atoms with Crippen LogP contribution in [0.2, 0.25) is 0 Å². The summed E-state index contributed by atoms with van der Waals surface area (Å²) in [4.78, 5) is 4.44. The van der Waals surface area contributed by atoms with Gasteiger partial charge < -0.3 is 15.8 Å². The fraction of sp³-hybridized carbons (Fsp3) is 0.643. The van der Waals surface area contributed by atoms with Gasteiger partial charge in [0.15, 0.2) is 0 Å². The summed E-state index contributed by atoms with van der Waals surface area (Å²) in [6, 6.07) is 3.77. The van der Waals surface area contributed by atoms with Gasteiger partial charge in [0.2, 0.25) is 5.88 Å². The Hall–Kier alpha value is -1.10. The largest absolute Gasteiger partial charge is 0.476 e. The summed E-state index contributed by atoms with van der Waals surface area (Å²) in [5.74, 6) is 1.39. The van der Waals surface area contributed by atoms with Crippen LogP contribution in [0.15, 0.2) is 12.1 Å². The molecule has 5 heteroatoms. The van der Waals surface area contributed by atoms with Gasteiger partial charge in [0.05, 0.1) is 12.3 Å². The number of hydrogen-bond donors (Lipinski definition) is 2. The highest BCUT2D eigenvalue weighted by atomic mass is 32.2. The van der Waals surface area contributed by atoms with E-state index < -0.39 is 0 Å². The van der Waals surface area contributed by atoms with Gasteiger partial charge in [-0.15, -0.1) is 0 Å². The van der Waals surface area contributed by atoms with E-state index in [1.165, 1.54) is 19.3 Å². The maximum absolute atomic E-state index is 5.86. The molecule has 1 aromatic heterocycles. The number of pyridine rings is 1. The fourth-order valence-corrected chi connectivity index (χ4v) is 3.05. The molecular formula is C14H23N3OS. The van der Waals surface area contributed by atoms with E-state index in [1.807, 2.05) is 23.9 Å². The van der Waals surface area contributed by atoms with Crippen LogP contribution in [0.1, 0.15) is 32.6 Å². The lowest BCUT2D eigenvalue weighted by atomic mass is 9.84. The Morgan fingerprint density at radius 2 is 2.26 bits per heavy atom. The third-order valence-electron chi connectivity index (χ3n) is 3.62. The molecule has 2 rings (SSSR count). The number of aromatic nitrogens is 1. The van der Waals surface area contributed by atoms with Crippen LogP contribution in [-0.2, 0) is 0 Å². The lowest BCUT2D eigenvalue weighted by molar-refractivity contribution is 0.307. The number of nitrogens with one attached hydrogen (secondary N) is 1. The van der Waals surface area contributed by atoms with Gasteiger partial charge in [0.1, 0.15) is 5.82 Å². The van der Waals surface area contributed by atoms with Crippen molar-refractivity contribution in [2.45, 2.75) is 37.4 Å². The van der Waals surface area contributed by atoms with Crippen molar-refractivity contribution in [2.75, 3.05) is 30.5 Å². The van der Waals surface area contributed by atoms with Gasteiger partial charge in [-0.3, -0.25) is 0 Å². The highest BCUT2D eigenvalue weighted by molar-refractivity contribution is 8.00. The highest BCUT2D eigenvalue weighted by Crippen LogP contribution is 2.42. The minimum Gasteiger partial charge on any atom is -0.476 e. The van der Waals surface area contributed by atoms with Crippen LogP contribution in [0.3, 0.4) is 0 Å². The van der Waals surface area contributed by atoms with E-state index in [0.717, 1.165) is 18.8 Å². The Labute approximate surface area is 119 Å². The minimum atomic E-state index is 0.396. The monoisotopic (exact) mass is 281 g/mol. The first-order chi connectivity index (χ1) is 9.19. The standard InChI is InChI=1S/C14H23N3OS/c1-3-9-18-13-11(15)5-6-12(17-13)16-10-14(19-2)7-4-8-14/h5-6H,3-4,7-10,15H2,1-2H3,(H,16,17). The molecule has 0 bridgehead atoms. The first-order valence-corrected chi connectivity index (χ1v) is 8.10. The molecule has 1 saturated carbocycles. The molecule has 0 radical (unpaired) electrons. The molecule has 1 aliphatic rings. The van der Waals surface area contributed by atoms with Crippen LogP contribution >= 0.6 is 11.8 Å². The lowest BCUT2D eigenvalue weighted by Crippen LogP contribution is -2.40. The molecule has 1 heterocycles. The zero-order chi connectivity index (χ0) is 13.7. The molecule has 1 aliphatic carbocycles. The summed E-state index contributed by atoms with van der Waals surface area (Å²) in [6.07, 6.45) is 7.05. The van der Waals surface area contributed by atoms with E-state index in [4.69, 9.17) is 10.5 Å². The summed E-state index contributed by atoms with van der Waals surface area (Å²) in [5.41, 5.74) is 6.46. The average Bonchev–Trinajstić information content (AvgIpc) is 2.38. The quantitative estimate of drug-likeness (QED) is 0.804. The van der Waals surface area contributed by atoms with Gasteiger partial charge >= 0.3 is 0 Å². The zero-order valence-corrected chi connectivity index (χ0v) is 12.6. The van der Waals surface area contributed by atoms with Crippen molar-refractivity contribution in [1.29, 1.82) is 0 Å². The van der Waals surface area contributed by atoms with Gasteiger partial charge in [-0.25, -0.2) is 0 Å². The van der Waals surface area contributed by atoms with Crippen LogP contribution in [0.5, 0.6) is 5.88 Å². The number of ether oxygens (including phenoxy) is 1. The van der Waals surface area contributed by atoms with Gasteiger partial charge in [-0.1, -0.05) is 13.3 Å². The summed E-state index contributed by atoms with van der Waals surface area (Å²) in [5, 5.41) is 3.41. The van der Waals surface area contributed by atoms with Crippen molar-refractivity contribution < 1.29 is 4.74 Å². The van der Waals surface area contributed by atoms with Crippen molar-refractivity contribution in [3.8, 4) is 5.88 Å². The predicted octanol–water partition coefficient (Wildman–Crippen LogP) is 3.15. The predicted molar refractivity (Wildman–Crippen MR) is 83.0 cm³/mol. The fourth-order valence-electron chi connectivity index (χ4n) is 2.14. The Morgan fingerprint density at radius 3 is 2.84 bits per heavy atom. The summed E-state index contributed by atoms with van der Waals surface area (Å²) < 4.78 is 5.94. The Kier molecular flexibility index (Phi) is 4.80. The lowest BCUT2D eigenvalue weighted by Gasteiger charge is -2.40. The number of rotatable bonds is 7. The molecule has 0 unspecified atom stereocenters. The molecule has 0 saturated heterocycles. The Balaban J connectivity index is 1.96. The third-order valence-corrected chi connectivity index (χ3v) is 5.04. The van der Waals surface area contributed by atoms with Gasteiger partial charge in [0, 0.05) is 11.3 Å². The van der Waals surface area contributed by atoms with Crippen molar-refractivity contribution in [3.05, 3.63) is 12.1 Å². The molecule has 0 aromatic carbocycles. The van der Waals surface area contributed by atoms with Crippen LogP contribution in [-0.4, -0.2) is 29.1 Å². The summed E-state index contributed by atoms with van der Waals surface area (Å²) in [7, 11) is 0. The number of nitrogen functional groups attached to an aromatic ring is 1. The van der Waals surface area contributed by atoms with Gasteiger partial charge in [0.25, 0.3) is 0 Å². The van der Waals surface area contributed by atoms with Crippen molar-refractivity contribution >= 4 is 23.3 Å². The first kappa shape index (κ1) is 14.3. The molecule has 0 aliphatic heterocycles. The number of nitrogens with two attached hydrogens (primary N) is 1. The topological polar surface area (TPSA) is 60.2 Å². The van der Waals surface area contributed by atoms with Crippen LogP contribution in [0.4, 0.5) is 11.5 Å². The number of nitrogens with zero attached hydrogens (tertiary/aromatic N) is 1. The van der Waals surface area contributed by atoms with Crippen molar-refractivity contribution in [2.24, 2.45) is 0 Å².